The van der Waals surface area contributed by atoms with Crippen LogP contribution in [-0.4, -0.2) is 20.1 Å². The molecule has 0 spiro atoms. The maximum absolute atomic E-state index is 7.88. The summed E-state index contributed by atoms with van der Waals surface area (Å²) in [6.45, 7) is -0.754. The molecule has 120 heavy (non-hydrogen) atoms. The van der Waals surface area contributed by atoms with Crippen molar-refractivity contribution in [2.75, 3.05) is 24.5 Å². The van der Waals surface area contributed by atoms with Gasteiger partial charge in [0.15, 0.2) is 12.4 Å². The van der Waals surface area contributed by atoms with Crippen molar-refractivity contribution in [3.05, 3.63) is 430 Å². The predicted molar refractivity (Wildman–Crippen MR) is 496 cm³/mol. The summed E-state index contributed by atoms with van der Waals surface area (Å²) in [5, 5.41) is 6.44. The molecule has 0 fully saturated rings. The zero-order chi connectivity index (χ0) is 78.6. The largest absolute Gasteiger partial charge is 0.458 e. The number of rotatable bonds is 12. The molecule has 18 aromatic carbocycles. The second kappa shape index (κ2) is 27.0. The molecule has 558 valence electrons. The third kappa shape index (κ3) is 10.5. The van der Waals surface area contributed by atoms with Gasteiger partial charge in [-0.25, -0.2) is 0 Å². The lowest BCUT2D eigenvalue weighted by molar-refractivity contribution is -0.704. The van der Waals surface area contributed by atoms with Crippen LogP contribution in [-0.2, 0) is 0 Å². The number of ether oxygens (including phenoxy) is 3. The SMILES string of the molecule is c1ccc(C(c2ccccc2)[n+]2ccc3c(c2)N(c2ccccc2)c2cccc4c2B3c2cc3c(cc2O4)c2cc4c(cc2c2cc5c(cc32)Oc2cc(N(c3ccccc3)c3ccccc3)cc3c2B5c2ccccc2N3c2ccccc2)Oc2cccc3c2B4c2ccc(N(c4ccccc4)c4ccccc4)cc2N3c2ccccc2)cc1. The number of hydrogen-bond acceptors (Lipinski definition) is 8. The molecule has 25 rings (SSSR count). The molecule has 6 aliphatic heterocycles. The van der Waals surface area contributed by atoms with Crippen molar-refractivity contribution < 1.29 is 18.8 Å². The zero-order valence-electron chi connectivity index (χ0n) is 65.1. The quantitative estimate of drug-likeness (QED) is 0.0681. The molecule has 0 aliphatic carbocycles. The van der Waals surface area contributed by atoms with E-state index in [1.54, 1.807) is 0 Å². The Labute approximate surface area is 696 Å². The molecule has 0 N–H and O–H groups in total. The van der Waals surface area contributed by atoms with E-state index in [4.69, 9.17) is 14.2 Å². The zero-order valence-corrected chi connectivity index (χ0v) is 65.1. The molecule has 7 heterocycles. The molecule has 1 aromatic heterocycles. The normalized spacial score (nSPS) is 13.2. The summed E-state index contributed by atoms with van der Waals surface area (Å²) in [5.41, 5.74) is 28.4. The number of nitrogens with zero attached hydrogens (tertiary/aromatic N) is 6. The number of hydrogen-bond donors (Lipinski definition) is 0. The molecular weight excluding hydrogens is 1460 g/mol. The van der Waals surface area contributed by atoms with Gasteiger partial charge in [-0.2, -0.15) is 4.57 Å². The van der Waals surface area contributed by atoms with Gasteiger partial charge in [0.2, 0.25) is 6.04 Å². The lowest BCUT2D eigenvalue weighted by Crippen LogP contribution is -2.60. The first-order chi connectivity index (χ1) is 59.5. The van der Waals surface area contributed by atoms with E-state index in [0.29, 0.717) is 0 Å². The fourth-order valence-electron chi connectivity index (χ4n) is 20.5. The van der Waals surface area contributed by atoms with Gasteiger partial charge in [0, 0.05) is 91.1 Å². The van der Waals surface area contributed by atoms with E-state index in [1.807, 2.05) is 0 Å². The van der Waals surface area contributed by atoms with E-state index in [0.717, 1.165) is 185 Å². The molecule has 19 aromatic rings. The summed E-state index contributed by atoms with van der Waals surface area (Å²) < 4.78 is 25.5. The highest BCUT2D eigenvalue weighted by Crippen LogP contribution is 2.51. The van der Waals surface area contributed by atoms with Gasteiger partial charge in [0.1, 0.15) is 40.2 Å². The number of fused-ring (bicyclic) bond motifs is 18. The van der Waals surface area contributed by atoms with Gasteiger partial charge in [-0.1, -0.05) is 243 Å². The van der Waals surface area contributed by atoms with Crippen LogP contribution in [0.25, 0.3) is 32.3 Å². The van der Waals surface area contributed by atoms with E-state index < -0.39 is 0 Å². The molecule has 9 nitrogen and oxygen atoms in total. The van der Waals surface area contributed by atoms with Crippen LogP contribution in [0, 0.1) is 0 Å². The Morgan fingerprint density at radius 1 is 0.225 bits per heavy atom. The average molecular weight is 1530 g/mol. The third-order valence-electron chi connectivity index (χ3n) is 25.4. The lowest BCUT2D eigenvalue weighted by Gasteiger charge is -2.41. The van der Waals surface area contributed by atoms with Crippen molar-refractivity contribution in [1.82, 2.24) is 0 Å². The summed E-state index contributed by atoms with van der Waals surface area (Å²) in [6, 6.07) is 148. The van der Waals surface area contributed by atoms with Crippen molar-refractivity contribution in [3.63, 3.8) is 0 Å². The van der Waals surface area contributed by atoms with Gasteiger partial charge in [-0.05, 0) is 239 Å². The third-order valence-corrected chi connectivity index (χ3v) is 25.4. The monoisotopic (exact) mass is 1530 g/mol. The number of benzene rings is 18. The second-order valence-corrected chi connectivity index (χ2v) is 32.0. The van der Waals surface area contributed by atoms with E-state index in [1.165, 1.54) is 27.5 Å². The van der Waals surface area contributed by atoms with Crippen LogP contribution in [0.1, 0.15) is 17.2 Å². The summed E-state index contributed by atoms with van der Waals surface area (Å²) in [5.74, 6) is 4.87. The van der Waals surface area contributed by atoms with Gasteiger partial charge >= 0.3 is 0 Å². The van der Waals surface area contributed by atoms with Crippen molar-refractivity contribution >= 4 is 187 Å². The van der Waals surface area contributed by atoms with Crippen LogP contribution in [0.15, 0.2) is 419 Å². The highest BCUT2D eigenvalue weighted by molar-refractivity contribution is 7.01. The standard InChI is InChI=1S/C108H70B3N6O3/c1-10-32-70(33-11-1)108(71-34-12-2-13-35-71)112-59-58-89-98(69-112)117(78-48-26-9-27-49-78)95-53-31-55-100-106(95)111(89)91-64-82-85(67-102(91)119-100)81-63-90-101(118-99-54-30-52-94-105(99)110(90)88-57-56-79(60-96(88)116(94)77-46-24-8-25-47-77)113(72-36-14-3-15-37-72)73-38-16-4-17-39-73)66-84(81)83-65-92-103(68-86(82)83)120-104-62-80(114(74-40-18-5-19-41-74)75-42-20-6-21-43-75)61-97-107(104)109(92)87-50-28-29-51-93(87)115(97)76-44-22-7-23-45-76/h1-69,108H/q+1. The first-order valence-corrected chi connectivity index (χ1v) is 41.3. The Morgan fingerprint density at radius 2 is 0.567 bits per heavy atom. The van der Waals surface area contributed by atoms with Crippen LogP contribution in [0.5, 0.6) is 34.5 Å². The van der Waals surface area contributed by atoms with E-state index in [-0.39, 0.29) is 26.2 Å². The topological polar surface area (TPSA) is 47.8 Å². The summed E-state index contributed by atoms with van der Waals surface area (Å²) in [4.78, 5) is 12.1. The van der Waals surface area contributed by atoms with Gasteiger partial charge in [-0.15, -0.1) is 0 Å². The number of pyridine rings is 1. The Bertz CT molecular complexity index is 7200. The van der Waals surface area contributed by atoms with Crippen molar-refractivity contribution in [3.8, 4) is 34.5 Å². The Morgan fingerprint density at radius 3 is 1.02 bits per heavy atom. The van der Waals surface area contributed by atoms with Gasteiger partial charge in [-0.3, -0.25) is 0 Å². The van der Waals surface area contributed by atoms with Crippen molar-refractivity contribution in [2.45, 2.75) is 6.04 Å². The number of anilines is 15. The fraction of sp³-hybridized carbons (Fsp3) is 0.00926. The molecule has 0 saturated carbocycles. The maximum atomic E-state index is 7.88. The molecule has 0 saturated heterocycles. The number of para-hydroxylation sites is 8. The highest BCUT2D eigenvalue weighted by Gasteiger charge is 2.48. The number of aromatic nitrogens is 1. The Hall–Kier alpha value is -15.5. The van der Waals surface area contributed by atoms with Crippen LogP contribution >= 0.6 is 0 Å². The Kier molecular flexibility index (Phi) is 15.3. The first-order valence-electron chi connectivity index (χ1n) is 41.3. The highest BCUT2D eigenvalue weighted by atomic mass is 16.5. The van der Waals surface area contributed by atoms with Crippen molar-refractivity contribution in [2.24, 2.45) is 0 Å². The Balaban J connectivity index is 0.755. The predicted octanol–water partition coefficient (Wildman–Crippen LogP) is 21.2. The molecular formula is C108H70B3N6O3+. The van der Waals surface area contributed by atoms with Crippen LogP contribution in [0.2, 0.25) is 0 Å². The molecule has 12 heteroatoms. The smallest absolute Gasteiger partial charge is 0.257 e. The van der Waals surface area contributed by atoms with Crippen LogP contribution < -0.4 is 92.4 Å². The van der Waals surface area contributed by atoms with Crippen molar-refractivity contribution in [1.29, 1.82) is 0 Å². The minimum atomic E-state index is -0.254. The lowest BCUT2D eigenvalue weighted by atomic mass is 9.33. The van der Waals surface area contributed by atoms with Gasteiger partial charge in [0.05, 0.1) is 5.69 Å². The minimum absolute atomic E-state index is 0.119. The molecule has 0 amide bonds. The summed E-state index contributed by atoms with van der Waals surface area (Å²) >= 11 is 0. The molecule has 0 unspecified atom stereocenters. The molecule has 0 atom stereocenters. The maximum Gasteiger partial charge on any atom is 0.257 e. The van der Waals surface area contributed by atoms with E-state index in [9.17, 15) is 0 Å². The van der Waals surface area contributed by atoms with E-state index >= 15 is 0 Å². The molecule has 0 radical (unpaired) electrons. The van der Waals surface area contributed by atoms with Gasteiger partial charge < -0.3 is 38.7 Å². The minimum Gasteiger partial charge on any atom is -0.458 e. The van der Waals surface area contributed by atoms with E-state index in [2.05, 4.69) is 448 Å². The van der Waals surface area contributed by atoms with Crippen LogP contribution in [0.3, 0.4) is 0 Å². The second-order valence-electron chi connectivity index (χ2n) is 32.0. The first kappa shape index (κ1) is 67.8. The summed E-state index contributed by atoms with van der Waals surface area (Å²) in [6.07, 6.45) is 4.70. The van der Waals surface area contributed by atoms with Crippen LogP contribution in [0.4, 0.5) is 85.3 Å². The molecule has 6 aliphatic rings. The summed E-state index contributed by atoms with van der Waals surface area (Å²) in [7, 11) is 0. The fourth-order valence-corrected chi connectivity index (χ4v) is 20.5. The molecule has 0 bridgehead atoms. The van der Waals surface area contributed by atoms with Gasteiger partial charge in [0.25, 0.3) is 20.1 Å². The average Bonchev–Trinajstić information content (AvgIpc) is 0.706.